The van der Waals surface area contributed by atoms with E-state index >= 15 is 0 Å². The third-order valence-electron chi connectivity index (χ3n) is 3.22. The molecule has 1 saturated carbocycles. The van der Waals surface area contributed by atoms with Gasteiger partial charge in [0.15, 0.2) is 0 Å². The van der Waals surface area contributed by atoms with Crippen molar-refractivity contribution in [2.45, 2.75) is 32.3 Å². The van der Waals surface area contributed by atoms with Crippen LogP contribution >= 0.6 is 15.9 Å². The number of hydrogen-bond acceptors (Lipinski definition) is 1. The van der Waals surface area contributed by atoms with Crippen molar-refractivity contribution >= 4 is 15.9 Å². The summed E-state index contributed by atoms with van der Waals surface area (Å²) in [4.78, 5) is 0. The van der Waals surface area contributed by atoms with Gasteiger partial charge < -0.3 is 5.11 Å². The first-order valence-electron chi connectivity index (χ1n) is 5.13. The Bertz CT molecular complexity index is 331. The van der Waals surface area contributed by atoms with Gasteiger partial charge in [0.25, 0.3) is 0 Å². The van der Waals surface area contributed by atoms with Gasteiger partial charge in [-0.05, 0) is 42.9 Å². The summed E-state index contributed by atoms with van der Waals surface area (Å²) in [5.41, 5.74) is 2.26. The summed E-state index contributed by atoms with van der Waals surface area (Å²) >= 11 is 3.49. The standard InChI is InChI=1S/C12H15BrO/c1-8-10(6-3-7-11(8)13)12(14)9-4-2-5-9/h3,6-7,9,12,14H,2,4-5H2,1H3. The van der Waals surface area contributed by atoms with Gasteiger partial charge in [-0.1, -0.05) is 34.5 Å². The van der Waals surface area contributed by atoms with E-state index in [0.717, 1.165) is 10.0 Å². The van der Waals surface area contributed by atoms with Crippen molar-refractivity contribution in [2.24, 2.45) is 5.92 Å². The van der Waals surface area contributed by atoms with Crippen LogP contribution in [0.2, 0.25) is 0 Å². The fourth-order valence-corrected chi connectivity index (χ4v) is 2.34. The predicted molar refractivity (Wildman–Crippen MR) is 61.2 cm³/mol. The average Bonchev–Trinajstić information content (AvgIpc) is 2.06. The molecule has 1 aromatic carbocycles. The minimum Gasteiger partial charge on any atom is -0.388 e. The molecule has 2 rings (SSSR count). The molecule has 1 fully saturated rings. The van der Waals surface area contributed by atoms with Crippen molar-refractivity contribution in [3.05, 3.63) is 33.8 Å². The molecule has 1 nitrogen and oxygen atoms in total. The SMILES string of the molecule is Cc1c(Br)cccc1C(O)C1CCC1. The summed E-state index contributed by atoms with van der Waals surface area (Å²) in [6, 6.07) is 6.05. The van der Waals surface area contributed by atoms with Crippen molar-refractivity contribution in [2.75, 3.05) is 0 Å². The number of benzene rings is 1. The predicted octanol–water partition coefficient (Wildman–Crippen LogP) is 3.59. The van der Waals surface area contributed by atoms with Crippen LogP contribution in [0.4, 0.5) is 0 Å². The lowest BCUT2D eigenvalue weighted by molar-refractivity contribution is 0.0615. The molecule has 14 heavy (non-hydrogen) atoms. The van der Waals surface area contributed by atoms with Crippen molar-refractivity contribution in [1.82, 2.24) is 0 Å². The molecule has 1 aromatic rings. The van der Waals surface area contributed by atoms with Crippen molar-refractivity contribution in [3.63, 3.8) is 0 Å². The molecule has 2 heteroatoms. The van der Waals surface area contributed by atoms with Gasteiger partial charge in [-0.15, -0.1) is 0 Å². The van der Waals surface area contributed by atoms with Crippen molar-refractivity contribution in [1.29, 1.82) is 0 Å². The van der Waals surface area contributed by atoms with Crippen LogP contribution in [0.25, 0.3) is 0 Å². The highest BCUT2D eigenvalue weighted by Gasteiger charge is 2.27. The monoisotopic (exact) mass is 254 g/mol. The molecule has 0 aliphatic heterocycles. The quantitative estimate of drug-likeness (QED) is 0.856. The molecule has 1 N–H and O–H groups in total. The Kier molecular flexibility index (Phi) is 2.93. The maximum absolute atomic E-state index is 10.1. The molecule has 0 bridgehead atoms. The second-order valence-electron chi connectivity index (χ2n) is 4.09. The molecule has 0 radical (unpaired) electrons. The molecule has 0 saturated heterocycles. The average molecular weight is 255 g/mol. The Morgan fingerprint density at radius 3 is 2.71 bits per heavy atom. The van der Waals surface area contributed by atoms with Crippen molar-refractivity contribution in [3.8, 4) is 0 Å². The van der Waals surface area contributed by atoms with Crippen molar-refractivity contribution < 1.29 is 5.11 Å². The Morgan fingerprint density at radius 2 is 2.14 bits per heavy atom. The summed E-state index contributed by atoms with van der Waals surface area (Å²) in [6.45, 7) is 2.06. The Hall–Kier alpha value is -0.340. The normalized spacial score (nSPS) is 19.1. The second kappa shape index (κ2) is 4.03. The number of aliphatic hydroxyl groups is 1. The lowest BCUT2D eigenvalue weighted by atomic mass is 9.78. The van der Waals surface area contributed by atoms with Crippen LogP contribution < -0.4 is 0 Å². The third-order valence-corrected chi connectivity index (χ3v) is 4.08. The minimum absolute atomic E-state index is 0.263. The molecule has 0 aromatic heterocycles. The molecule has 0 spiro atoms. The van der Waals surface area contributed by atoms with Crippen LogP contribution in [0.1, 0.15) is 36.5 Å². The lowest BCUT2D eigenvalue weighted by Crippen LogP contribution is -2.20. The van der Waals surface area contributed by atoms with E-state index in [1.807, 2.05) is 18.2 Å². The zero-order valence-electron chi connectivity index (χ0n) is 8.33. The van der Waals surface area contributed by atoms with Gasteiger partial charge in [0.1, 0.15) is 0 Å². The summed E-state index contributed by atoms with van der Waals surface area (Å²) < 4.78 is 1.09. The Morgan fingerprint density at radius 1 is 1.43 bits per heavy atom. The van der Waals surface area contributed by atoms with Crippen LogP contribution in [-0.2, 0) is 0 Å². The molecule has 1 unspecified atom stereocenters. The number of hydrogen-bond donors (Lipinski definition) is 1. The van der Waals surface area contributed by atoms with Crippen LogP contribution in [0.15, 0.2) is 22.7 Å². The van der Waals surface area contributed by atoms with E-state index in [4.69, 9.17) is 0 Å². The maximum Gasteiger partial charge on any atom is 0.0821 e. The number of rotatable bonds is 2. The number of halogens is 1. The molecule has 1 atom stereocenters. The summed E-state index contributed by atoms with van der Waals surface area (Å²) in [5.74, 6) is 0.489. The summed E-state index contributed by atoms with van der Waals surface area (Å²) in [7, 11) is 0. The lowest BCUT2D eigenvalue weighted by Gasteiger charge is -2.31. The van der Waals surface area contributed by atoms with E-state index in [2.05, 4.69) is 22.9 Å². The molecular weight excluding hydrogens is 240 g/mol. The molecule has 1 aliphatic rings. The maximum atomic E-state index is 10.1. The molecule has 0 amide bonds. The van der Waals surface area contributed by atoms with E-state index < -0.39 is 0 Å². The highest BCUT2D eigenvalue weighted by Crippen LogP contribution is 2.39. The van der Waals surface area contributed by atoms with Gasteiger partial charge >= 0.3 is 0 Å². The van der Waals surface area contributed by atoms with Gasteiger partial charge in [-0.25, -0.2) is 0 Å². The van der Waals surface area contributed by atoms with Crippen LogP contribution in [0.3, 0.4) is 0 Å². The van der Waals surface area contributed by atoms with Gasteiger partial charge in [-0.2, -0.15) is 0 Å². The third kappa shape index (κ3) is 1.73. The second-order valence-corrected chi connectivity index (χ2v) is 4.94. The Labute approximate surface area is 93.3 Å². The Balaban J connectivity index is 2.26. The largest absolute Gasteiger partial charge is 0.388 e. The summed E-state index contributed by atoms with van der Waals surface area (Å²) in [5, 5.41) is 10.1. The highest BCUT2D eigenvalue weighted by atomic mass is 79.9. The first-order chi connectivity index (χ1) is 6.70. The smallest absolute Gasteiger partial charge is 0.0821 e. The molecule has 1 aliphatic carbocycles. The van der Waals surface area contributed by atoms with Gasteiger partial charge in [0, 0.05) is 4.47 Å². The van der Waals surface area contributed by atoms with Crippen LogP contribution in [-0.4, -0.2) is 5.11 Å². The first-order valence-corrected chi connectivity index (χ1v) is 5.92. The van der Waals surface area contributed by atoms with Gasteiger partial charge in [-0.3, -0.25) is 0 Å². The van der Waals surface area contributed by atoms with Crippen LogP contribution in [0, 0.1) is 12.8 Å². The zero-order valence-corrected chi connectivity index (χ0v) is 9.92. The minimum atomic E-state index is -0.263. The van der Waals surface area contributed by atoms with E-state index in [9.17, 15) is 5.11 Å². The fraction of sp³-hybridized carbons (Fsp3) is 0.500. The van der Waals surface area contributed by atoms with E-state index in [0.29, 0.717) is 5.92 Å². The first kappa shape index (κ1) is 10.2. The highest BCUT2D eigenvalue weighted by molar-refractivity contribution is 9.10. The summed E-state index contributed by atoms with van der Waals surface area (Å²) in [6.07, 6.45) is 3.36. The molecular formula is C12H15BrO. The fourth-order valence-electron chi connectivity index (χ4n) is 1.95. The molecule has 76 valence electrons. The topological polar surface area (TPSA) is 20.2 Å². The molecule has 0 heterocycles. The van der Waals surface area contributed by atoms with E-state index in [1.165, 1.54) is 24.8 Å². The number of aliphatic hydroxyl groups excluding tert-OH is 1. The van der Waals surface area contributed by atoms with E-state index in [-0.39, 0.29) is 6.10 Å². The zero-order chi connectivity index (χ0) is 10.1. The van der Waals surface area contributed by atoms with Gasteiger partial charge in [0.2, 0.25) is 0 Å². The van der Waals surface area contributed by atoms with Crippen LogP contribution in [0.5, 0.6) is 0 Å². The van der Waals surface area contributed by atoms with Gasteiger partial charge in [0.05, 0.1) is 6.10 Å². The van der Waals surface area contributed by atoms with E-state index in [1.54, 1.807) is 0 Å².